The molecule has 1 heterocycles. The van der Waals surface area contributed by atoms with Crippen molar-refractivity contribution < 1.29 is 18.3 Å². The average Bonchev–Trinajstić information content (AvgIpc) is 2.84. The van der Waals surface area contributed by atoms with Crippen molar-refractivity contribution in [2.75, 3.05) is 12.3 Å². The van der Waals surface area contributed by atoms with Crippen LogP contribution in [0.15, 0.2) is 41.8 Å². The van der Waals surface area contributed by atoms with Crippen LogP contribution in [0.3, 0.4) is 0 Å². The molecule has 0 radical (unpaired) electrons. The monoisotopic (exact) mass is 383 g/mol. The number of aryl methyl sites for hydroxylation is 1. The summed E-state index contributed by atoms with van der Waals surface area (Å²) in [7, 11) is -3.40. The molecule has 0 aromatic heterocycles. The van der Waals surface area contributed by atoms with Gasteiger partial charge in [-0.05, 0) is 31.4 Å². The highest BCUT2D eigenvalue weighted by molar-refractivity contribution is 7.91. The third kappa shape index (κ3) is 5.39. The fourth-order valence-corrected chi connectivity index (χ4v) is 5.22. The van der Waals surface area contributed by atoms with Crippen LogP contribution >= 0.6 is 0 Å². The van der Waals surface area contributed by atoms with Gasteiger partial charge in [0.1, 0.15) is 0 Å². The molecular formula is C20H33NO4S. The van der Waals surface area contributed by atoms with Gasteiger partial charge in [-0.25, -0.2) is 8.42 Å². The maximum absolute atomic E-state index is 12.8. The van der Waals surface area contributed by atoms with Gasteiger partial charge in [0.2, 0.25) is 0 Å². The third-order valence-electron chi connectivity index (χ3n) is 5.06. The Balaban J connectivity index is 0.00000338. The van der Waals surface area contributed by atoms with Crippen molar-refractivity contribution in [3.63, 3.8) is 0 Å². The van der Waals surface area contributed by atoms with Crippen LogP contribution in [0, 0.1) is 18.8 Å². The molecule has 0 unspecified atom stereocenters. The molecule has 0 spiro atoms. The maximum Gasteiger partial charge on any atom is 0.178 e. The molecule has 6 heteroatoms. The Morgan fingerprint density at radius 3 is 2.46 bits per heavy atom. The highest BCUT2D eigenvalue weighted by Crippen LogP contribution is 2.38. The van der Waals surface area contributed by atoms with Gasteiger partial charge in [-0.3, -0.25) is 0 Å². The van der Waals surface area contributed by atoms with Crippen molar-refractivity contribution in [3.8, 4) is 0 Å². The topological polar surface area (TPSA) is 89.6 Å². The summed E-state index contributed by atoms with van der Waals surface area (Å²) < 4.78 is 31.7. The first-order chi connectivity index (χ1) is 11.8. The molecular weight excluding hydrogens is 350 g/mol. The first kappa shape index (κ1) is 22.8. The molecule has 5 atom stereocenters. The number of benzene rings is 1. The summed E-state index contributed by atoms with van der Waals surface area (Å²) >= 11 is 0. The van der Waals surface area contributed by atoms with E-state index in [9.17, 15) is 13.5 Å². The Labute approximate surface area is 158 Å². The fraction of sp³-hybridized carbons (Fsp3) is 0.600. The van der Waals surface area contributed by atoms with Gasteiger partial charge in [-0.2, -0.15) is 0 Å². The zero-order valence-electron chi connectivity index (χ0n) is 15.0. The van der Waals surface area contributed by atoms with E-state index >= 15 is 0 Å². The molecule has 1 aliphatic heterocycles. The predicted molar refractivity (Wildman–Crippen MR) is 106 cm³/mol. The lowest BCUT2D eigenvalue weighted by atomic mass is 9.87. The molecule has 1 saturated heterocycles. The second-order valence-electron chi connectivity index (χ2n) is 6.98. The van der Waals surface area contributed by atoms with Crippen molar-refractivity contribution in [2.45, 2.75) is 57.3 Å². The van der Waals surface area contributed by atoms with E-state index in [0.29, 0.717) is 17.7 Å². The molecule has 1 aliphatic rings. The van der Waals surface area contributed by atoms with Crippen molar-refractivity contribution in [1.82, 2.24) is 0 Å². The number of aliphatic hydroxyl groups excluding tert-OH is 1. The van der Waals surface area contributed by atoms with E-state index in [1.165, 1.54) is 0 Å². The Morgan fingerprint density at radius 1 is 1.31 bits per heavy atom. The van der Waals surface area contributed by atoms with Gasteiger partial charge in [0, 0.05) is 18.9 Å². The van der Waals surface area contributed by atoms with Crippen LogP contribution in [-0.4, -0.2) is 44.1 Å². The molecule has 0 aliphatic carbocycles. The van der Waals surface area contributed by atoms with Crippen LogP contribution in [-0.2, 0) is 14.6 Å². The molecule has 1 aromatic rings. The van der Waals surface area contributed by atoms with Crippen molar-refractivity contribution in [2.24, 2.45) is 17.6 Å². The second-order valence-corrected chi connectivity index (χ2v) is 9.01. The van der Waals surface area contributed by atoms with Crippen LogP contribution in [0.2, 0.25) is 0 Å². The molecule has 0 saturated carbocycles. The number of hydrogen-bond donors (Lipinski definition) is 2. The summed E-state index contributed by atoms with van der Waals surface area (Å²) in [5.41, 5.74) is 6.52. The van der Waals surface area contributed by atoms with Crippen molar-refractivity contribution in [3.05, 3.63) is 42.5 Å². The first-order valence-corrected chi connectivity index (χ1v) is 10.4. The van der Waals surface area contributed by atoms with E-state index in [1.54, 1.807) is 18.2 Å². The molecule has 3 N–H and O–H groups in total. The van der Waals surface area contributed by atoms with E-state index in [-0.39, 0.29) is 43.8 Å². The molecule has 0 bridgehead atoms. The molecule has 148 valence electrons. The number of hydrogen-bond acceptors (Lipinski definition) is 5. The predicted octanol–water partition coefficient (Wildman–Crippen LogP) is 2.71. The molecule has 0 amide bonds. The maximum atomic E-state index is 12.8. The Hall–Kier alpha value is -1.21. The van der Waals surface area contributed by atoms with Gasteiger partial charge < -0.3 is 15.6 Å². The standard InChI is InChI=1S/C19H29NO4S.CH4/c1-4-5-18-17(14(3)19(24-18)10-15(21)11-20)12-25(22,23)16-8-6-13(2)7-9-16;/h4,6-9,14-15,17-19,21H,1,5,10-12,20H2,2-3H3;1H4/t14-,15+,17-,18+,19-;/m1./s1. The largest absolute Gasteiger partial charge is 0.392 e. The molecule has 1 fully saturated rings. The number of aliphatic hydroxyl groups is 1. The van der Waals surface area contributed by atoms with Gasteiger partial charge >= 0.3 is 0 Å². The van der Waals surface area contributed by atoms with Crippen LogP contribution in [0.5, 0.6) is 0 Å². The van der Waals surface area contributed by atoms with E-state index in [0.717, 1.165) is 5.56 Å². The zero-order chi connectivity index (χ0) is 18.6. The third-order valence-corrected chi connectivity index (χ3v) is 6.87. The molecule has 5 nitrogen and oxygen atoms in total. The Morgan fingerprint density at radius 2 is 1.92 bits per heavy atom. The lowest BCUT2D eigenvalue weighted by molar-refractivity contribution is 0.00350. The average molecular weight is 384 g/mol. The number of sulfone groups is 1. The van der Waals surface area contributed by atoms with Crippen LogP contribution in [0.4, 0.5) is 0 Å². The minimum Gasteiger partial charge on any atom is -0.392 e. The molecule has 26 heavy (non-hydrogen) atoms. The van der Waals surface area contributed by atoms with Gasteiger partial charge in [-0.1, -0.05) is 38.1 Å². The quantitative estimate of drug-likeness (QED) is 0.674. The summed E-state index contributed by atoms with van der Waals surface area (Å²) in [6.45, 7) is 7.84. The summed E-state index contributed by atoms with van der Waals surface area (Å²) in [5.74, 6) is -0.0871. The van der Waals surface area contributed by atoms with Gasteiger partial charge in [0.15, 0.2) is 9.84 Å². The van der Waals surface area contributed by atoms with E-state index in [4.69, 9.17) is 10.5 Å². The van der Waals surface area contributed by atoms with Crippen molar-refractivity contribution in [1.29, 1.82) is 0 Å². The lowest BCUT2D eigenvalue weighted by Crippen LogP contribution is -2.30. The number of rotatable bonds is 8. The smallest absolute Gasteiger partial charge is 0.178 e. The van der Waals surface area contributed by atoms with E-state index in [2.05, 4.69) is 6.58 Å². The lowest BCUT2D eigenvalue weighted by Gasteiger charge is -2.21. The molecule has 2 rings (SSSR count). The fourth-order valence-electron chi connectivity index (χ4n) is 3.45. The highest BCUT2D eigenvalue weighted by Gasteiger charge is 2.43. The summed E-state index contributed by atoms with van der Waals surface area (Å²) in [6.07, 6.45) is 1.73. The van der Waals surface area contributed by atoms with Crippen LogP contribution in [0.1, 0.15) is 32.8 Å². The molecule has 1 aromatic carbocycles. The Kier molecular flexibility index (Phi) is 8.47. The normalized spacial score (nSPS) is 26.9. The van der Waals surface area contributed by atoms with Crippen LogP contribution in [0.25, 0.3) is 0 Å². The Bertz CT molecular complexity index is 672. The zero-order valence-corrected chi connectivity index (χ0v) is 15.8. The SMILES string of the molecule is C.C=CC[C@@H]1O[C@H](C[C@H](O)CN)[C@H](C)[C@H]1CS(=O)(=O)c1ccc(C)cc1. The van der Waals surface area contributed by atoms with E-state index < -0.39 is 15.9 Å². The summed E-state index contributed by atoms with van der Waals surface area (Å²) in [5, 5.41) is 9.83. The number of ether oxygens (including phenoxy) is 1. The summed E-state index contributed by atoms with van der Waals surface area (Å²) in [6, 6.07) is 6.93. The van der Waals surface area contributed by atoms with E-state index in [1.807, 2.05) is 26.0 Å². The van der Waals surface area contributed by atoms with Gasteiger partial charge in [-0.15, -0.1) is 6.58 Å². The number of nitrogens with two attached hydrogens (primary N) is 1. The minimum absolute atomic E-state index is 0. The van der Waals surface area contributed by atoms with Gasteiger partial charge in [0.05, 0.1) is 29.0 Å². The minimum atomic E-state index is -3.40. The van der Waals surface area contributed by atoms with Crippen LogP contribution < -0.4 is 5.73 Å². The first-order valence-electron chi connectivity index (χ1n) is 8.72. The second kappa shape index (κ2) is 9.65. The summed E-state index contributed by atoms with van der Waals surface area (Å²) in [4.78, 5) is 0.341. The highest BCUT2D eigenvalue weighted by atomic mass is 32.2. The van der Waals surface area contributed by atoms with Crippen molar-refractivity contribution >= 4 is 9.84 Å². The van der Waals surface area contributed by atoms with Gasteiger partial charge in [0.25, 0.3) is 0 Å².